The molecule has 1 aliphatic rings. The van der Waals surface area contributed by atoms with Gasteiger partial charge in [0.1, 0.15) is 0 Å². The predicted octanol–water partition coefficient (Wildman–Crippen LogP) is 4.32. The average molecular weight is 212 g/mol. The fourth-order valence-electron chi connectivity index (χ4n) is 2.12. The number of allylic oxidation sites excluding steroid dienone is 2. The van der Waals surface area contributed by atoms with Crippen molar-refractivity contribution < 1.29 is 4.43 Å². The minimum atomic E-state index is -1.39. The average Bonchev–Trinajstić information content (AvgIpc) is 2.14. The van der Waals surface area contributed by atoms with E-state index >= 15 is 0 Å². The highest BCUT2D eigenvalue weighted by Crippen LogP contribution is 2.31. The number of hydrogen-bond donors (Lipinski definition) is 0. The molecule has 82 valence electrons. The Labute approximate surface area is 89.7 Å². The van der Waals surface area contributed by atoms with E-state index < -0.39 is 8.32 Å². The Morgan fingerprint density at radius 1 is 1.14 bits per heavy atom. The standard InChI is InChI=1S/C12H24OSi/c1-5-12(13-14(2,3)4)11-9-7-6-8-10-11/h5,11H,6-10H2,1-4H3/b12-5+. The van der Waals surface area contributed by atoms with Crippen LogP contribution in [0.4, 0.5) is 0 Å². The zero-order valence-corrected chi connectivity index (χ0v) is 11.1. The van der Waals surface area contributed by atoms with Crippen molar-refractivity contribution in [1.82, 2.24) is 0 Å². The molecule has 0 amide bonds. The maximum Gasteiger partial charge on any atom is 0.241 e. The third kappa shape index (κ3) is 3.87. The SMILES string of the molecule is C/C=C(/O[Si](C)(C)C)C1CCCCC1. The van der Waals surface area contributed by atoms with Gasteiger partial charge in [0.25, 0.3) is 0 Å². The summed E-state index contributed by atoms with van der Waals surface area (Å²) in [7, 11) is -1.39. The van der Waals surface area contributed by atoms with Gasteiger partial charge in [-0.3, -0.25) is 0 Å². The van der Waals surface area contributed by atoms with Gasteiger partial charge in [-0.05, 0) is 39.4 Å². The van der Waals surface area contributed by atoms with E-state index in [-0.39, 0.29) is 0 Å². The molecule has 0 unspecified atom stereocenters. The smallest absolute Gasteiger partial charge is 0.241 e. The number of hydrogen-bond acceptors (Lipinski definition) is 1. The van der Waals surface area contributed by atoms with Gasteiger partial charge in [-0.15, -0.1) is 0 Å². The summed E-state index contributed by atoms with van der Waals surface area (Å²) >= 11 is 0. The second-order valence-electron chi connectivity index (χ2n) is 5.24. The fraction of sp³-hybridized carbons (Fsp3) is 0.833. The molecule has 0 atom stereocenters. The lowest BCUT2D eigenvalue weighted by atomic mass is 9.88. The molecule has 1 rings (SSSR count). The van der Waals surface area contributed by atoms with Gasteiger partial charge in [0.2, 0.25) is 8.32 Å². The molecule has 0 bridgehead atoms. The van der Waals surface area contributed by atoms with Crippen molar-refractivity contribution in [3.8, 4) is 0 Å². The lowest BCUT2D eigenvalue weighted by molar-refractivity contribution is 0.284. The van der Waals surface area contributed by atoms with Crippen molar-refractivity contribution in [3.05, 3.63) is 11.8 Å². The molecule has 1 saturated carbocycles. The molecular formula is C12H24OSi. The van der Waals surface area contributed by atoms with Crippen molar-refractivity contribution in [1.29, 1.82) is 0 Å². The zero-order valence-electron chi connectivity index (χ0n) is 10.1. The topological polar surface area (TPSA) is 9.23 Å². The summed E-state index contributed by atoms with van der Waals surface area (Å²) < 4.78 is 6.13. The van der Waals surface area contributed by atoms with Gasteiger partial charge < -0.3 is 4.43 Å². The molecule has 14 heavy (non-hydrogen) atoms. The summed E-state index contributed by atoms with van der Waals surface area (Å²) in [5, 5.41) is 0. The fourth-order valence-corrected chi connectivity index (χ4v) is 3.11. The molecule has 0 heterocycles. The van der Waals surface area contributed by atoms with Gasteiger partial charge in [0.05, 0.1) is 5.76 Å². The van der Waals surface area contributed by atoms with Crippen molar-refractivity contribution in [2.24, 2.45) is 5.92 Å². The second-order valence-corrected chi connectivity index (χ2v) is 9.67. The highest BCUT2D eigenvalue weighted by atomic mass is 28.4. The summed E-state index contributed by atoms with van der Waals surface area (Å²) in [6, 6.07) is 0. The Kier molecular flexibility index (Phi) is 4.23. The minimum Gasteiger partial charge on any atom is -0.547 e. The first kappa shape index (κ1) is 11.8. The third-order valence-corrected chi connectivity index (χ3v) is 3.56. The van der Waals surface area contributed by atoms with E-state index in [0.717, 1.165) is 5.92 Å². The van der Waals surface area contributed by atoms with Crippen molar-refractivity contribution in [3.63, 3.8) is 0 Å². The van der Waals surface area contributed by atoms with Gasteiger partial charge in [0, 0.05) is 5.92 Å². The molecule has 0 N–H and O–H groups in total. The van der Waals surface area contributed by atoms with E-state index in [1.165, 1.54) is 37.9 Å². The summed E-state index contributed by atoms with van der Waals surface area (Å²) in [6.07, 6.45) is 9.05. The second kappa shape index (κ2) is 5.01. The highest BCUT2D eigenvalue weighted by molar-refractivity contribution is 6.70. The third-order valence-electron chi connectivity index (χ3n) is 2.72. The van der Waals surface area contributed by atoms with E-state index in [0.29, 0.717) is 0 Å². The molecule has 1 fully saturated rings. The Balaban J connectivity index is 2.53. The van der Waals surface area contributed by atoms with Crippen LogP contribution in [0.5, 0.6) is 0 Å². The van der Waals surface area contributed by atoms with E-state index in [4.69, 9.17) is 4.43 Å². The highest BCUT2D eigenvalue weighted by Gasteiger charge is 2.23. The molecule has 1 aliphatic carbocycles. The van der Waals surface area contributed by atoms with Crippen LogP contribution in [0.3, 0.4) is 0 Å². The normalized spacial score (nSPS) is 21.0. The first-order valence-corrected chi connectivity index (χ1v) is 9.29. The van der Waals surface area contributed by atoms with Crippen LogP contribution in [0.2, 0.25) is 19.6 Å². The lowest BCUT2D eigenvalue weighted by Gasteiger charge is -2.29. The van der Waals surface area contributed by atoms with Crippen LogP contribution in [0.25, 0.3) is 0 Å². The van der Waals surface area contributed by atoms with Crippen LogP contribution in [0.1, 0.15) is 39.0 Å². The van der Waals surface area contributed by atoms with Crippen LogP contribution in [0.15, 0.2) is 11.8 Å². The Bertz CT molecular complexity index is 197. The van der Waals surface area contributed by atoms with Crippen LogP contribution in [-0.2, 0) is 4.43 Å². The molecule has 0 aromatic carbocycles. The summed E-state index contributed by atoms with van der Waals surface area (Å²) in [5.74, 6) is 2.00. The molecule has 0 saturated heterocycles. The zero-order chi connectivity index (χ0) is 10.6. The van der Waals surface area contributed by atoms with Crippen LogP contribution < -0.4 is 0 Å². The first-order valence-electron chi connectivity index (χ1n) is 5.88. The quantitative estimate of drug-likeness (QED) is 0.500. The van der Waals surface area contributed by atoms with Crippen LogP contribution in [0, 0.1) is 5.92 Å². The van der Waals surface area contributed by atoms with E-state index in [9.17, 15) is 0 Å². The molecular weight excluding hydrogens is 188 g/mol. The van der Waals surface area contributed by atoms with Crippen LogP contribution in [-0.4, -0.2) is 8.32 Å². The van der Waals surface area contributed by atoms with Crippen LogP contribution >= 0.6 is 0 Å². The Hall–Kier alpha value is -0.243. The van der Waals surface area contributed by atoms with Crippen molar-refractivity contribution >= 4 is 8.32 Å². The van der Waals surface area contributed by atoms with Gasteiger partial charge in [0.15, 0.2) is 0 Å². The van der Waals surface area contributed by atoms with Crippen molar-refractivity contribution in [2.75, 3.05) is 0 Å². The molecule has 2 heteroatoms. The molecule has 0 aliphatic heterocycles. The monoisotopic (exact) mass is 212 g/mol. The maximum absolute atomic E-state index is 6.13. The minimum absolute atomic E-state index is 0.723. The van der Waals surface area contributed by atoms with Gasteiger partial charge in [-0.1, -0.05) is 25.3 Å². The number of rotatable bonds is 3. The molecule has 0 radical (unpaired) electrons. The summed E-state index contributed by atoms with van der Waals surface area (Å²) in [6.45, 7) is 8.90. The molecule has 0 aromatic rings. The molecule has 1 nitrogen and oxygen atoms in total. The molecule has 0 spiro atoms. The van der Waals surface area contributed by atoms with Gasteiger partial charge in [-0.2, -0.15) is 0 Å². The van der Waals surface area contributed by atoms with E-state index in [1.807, 2.05) is 0 Å². The first-order chi connectivity index (χ1) is 6.53. The van der Waals surface area contributed by atoms with E-state index in [1.54, 1.807) is 0 Å². The Morgan fingerprint density at radius 3 is 2.14 bits per heavy atom. The summed E-state index contributed by atoms with van der Waals surface area (Å²) in [4.78, 5) is 0. The maximum atomic E-state index is 6.13. The van der Waals surface area contributed by atoms with Crippen molar-refractivity contribution in [2.45, 2.75) is 58.7 Å². The summed E-state index contributed by atoms with van der Waals surface area (Å²) in [5.41, 5.74) is 0. The molecule has 0 aromatic heterocycles. The van der Waals surface area contributed by atoms with Gasteiger partial charge in [-0.25, -0.2) is 0 Å². The largest absolute Gasteiger partial charge is 0.547 e. The van der Waals surface area contributed by atoms with E-state index in [2.05, 4.69) is 32.6 Å². The van der Waals surface area contributed by atoms with Gasteiger partial charge >= 0.3 is 0 Å². The lowest BCUT2D eigenvalue weighted by Crippen LogP contribution is -2.27. The Morgan fingerprint density at radius 2 is 1.71 bits per heavy atom. The predicted molar refractivity (Wildman–Crippen MR) is 64.8 cm³/mol.